The van der Waals surface area contributed by atoms with Crippen LogP contribution >= 0.6 is 12.4 Å². The van der Waals surface area contributed by atoms with E-state index in [0.717, 1.165) is 18.4 Å². The fraction of sp³-hybridized carbons (Fsp3) is 0.467. The fourth-order valence-corrected chi connectivity index (χ4v) is 1.79. The highest BCUT2D eigenvalue weighted by Crippen LogP contribution is 2.04. The zero-order valence-corrected chi connectivity index (χ0v) is 13.4. The van der Waals surface area contributed by atoms with Crippen LogP contribution in [-0.4, -0.2) is 31.8 Å². The highest BCUT2D eigenvalue weighted by atomic mass is 35.5. The summed E-state index contributed by atoms with van der Waals surface area (Å²) in [5.41, 5.74) is 6.29. The van der Waals surface area contributed by atoms with E-state index in [-0.39, 0.29) is 19.0 Å². The van der Waals surface area contributed by atoms with Gasteiger partial charge in [0.05, 0.1) is 7.11 Å². The van der Waals surface area contributed by atoms with E-state index in [1.54, 1.807) is 0 Å². The Balaban J connectivity index is 0.00000441. The Morgan fingerprint density at radius 1 is 1.23 bits per heavy atom. The maximum absolute atomic E-state index is 11.7. The molecule has 1 unspecified atom stereocenters. The van der Waals surface area contributed by atoms with Gasteiger partial charge < -0.3 is 20.5 Å². The van der Waals surface area contributed by atoms with Crippen LogP contribution in [0.4, 0.5) is 4.79 Å². The number of hydrogen-bond donors (Lipinski definition) is 2. The van der Waals surface area contributed by atoms with E-state index in [1.165, 1.54) is 7.11 Å². The summed E-state index contributed by atoms with van der Waals surface area (Å²) >= 11 is 0. The summed E-state index contributed by atoms with van der Waals surface area (Å²) in [6.07, 6.45) is 1.36. The number of amides is 1. The maximum atomic E-state index is 11.7. The number of carbonyl (C=O) groups excluding carboxylic acids is 2. The predicted molar refractivity (Wildman–Crippen MR) is 85.7 cm³/mol. The lowest BCUT2D eigenvalue weighted by Crippen LogP contribution is -2.41. The molecule has 0 heterocycles. The van der Waals surface area contributed by atoms with Crippen molar-refractivity contribution in [3.05, 3.63) is 35.9 Å². The smallest absolute Gasteiger partial charge is 0.408 e. The van der Waals surface area contributed by atoms with Crippen LogP contribution in [0.15, 0.2) is 30.3 Å². The van der Waals surface area contributed by atoms with Gasteiger partial charge in [-0.05, 0) is 31.4 Å². The standard InChI is InChI=1S/C15H22N2O4.ClH/c1-20-14(18)13(9-5-6-10-16)17-15(19)21-11-12-7-3-2-4-8-12;/h2-4,7-8,13H,5-6,9-11,16H2,1H3,(H,17,19);1H. The van der Waals surface area contributed by atoms with Crippen molar-refractivity contribution in [3.63, 3.8) is 0 Å². The topological polar surface area (TPSA) is 90.6 Å². The first-order valence-corrected chi connectivity index (χ1v) is 6.92. The molecular weight excluding hydrogens is 308 g/mol. The Morgan fingerprint density at radius 2 is 1.91 bits per heavy atom. The monoisotopic (exact) mass is 330 g/mol. The molecule has 1 aromatic carbocycles. The van der Waals surface area contributed by atoms with Crippen molar-refractivity contribution in [3.8, 4) is 0 Å². The van der Waals surface area contributed by atoms with Gasteiger partial charge in [0.1, 0.15) is 12.6 Å². The van der Waals surface area contributed by atoms with Crippen LogP contribution in [-0.2, 0) is 20.9 Å². The van der Waals surface area contributed by atoms with Crippen LogP contribution in [0.1, 0.15) is 24.8 Å². The number of ether oxygens (including phenoxy) is 2. The molecule has 124 valence electrons. The quantitative estimate of drug-likeness (QED) is 0.562. The van der Waals surface area contributed by atoms with Gasteiger partial charge in [-0.2, -0.15) is 0 Å². The molecule has 1 aromatic rings. The first-order chi connectivity index (χ1) is 10.2. The van der Waals surface area contributed by atoms with Crippen molar-refractivity contribution in [1.82, 2.24) is 5.32 Å². The predicted octanol–water partition coefficient (Wildman–Crippen LogP) is 2.01. The molecule has 0 aliphatic carbocycles. The maximum Gasteiger partial charge on any atom is 0.408 e. The number of benzene rings is 1. The fourth-order valence-electron chi connectivity index (χ4n) is 1.79. The second-order valence-electron chi connectivity index (χ2n) is 4.57. The van der Waals surface area contributed by atoms with Crippen LogP contribution < -0.4 is 11.1 Å². The van der Waals surface area contributed by atoms with Crippen LogP contribution in [0.25, 0.3) is 0 Å². The summed E-state index contributed by atoms with van der Waals surface area (Å²) in [5.74, 6) is -0.483. The number of halogens is 1. The van der Waals surface area contributed by atoms with E-state index in [9.17, 15) is 9.59 Å². The minimum Gasteiger partial charge on any atom is -0.467 e. The van der Waals surface area contributed by atoms with Gasteiger partial charge in [0, 0.05) is 0 Å². The van der Waals surface area contributed by atoms with E-state index in [1.807, 2.05) is 30.3 Å². The number of unbranched alkanes of at least 4 members (excludes halogenated alkanes) is 1. The van der Waals surface area contributed by atoms with Gasteiger partial charge in [-0.25, -0.2) is 9.59 Å². The summed E-state index contributed by atoms with van der Waals surface area (Å²) in [6, 6.07) is 8.61. The molecule has 0 saturated heterocycles. The molecule has 6 nitrogen and oxygen atoms in total. The highest BCUT2D eigenvalue weighted by Gasteiger charge is 2.21. The van der Waals surface area contributed by atoms with E-state index >= 15 is 0 Å². The van der Waals surface area contributed by atoms with Crippen molar-refractivity contribution < 1.29 is 19.1 Å². The van der Waals surface area contributed by atoms with Gasteiger partial charge in [-0.15, -0.1) is 12.4 Å². The molecule has 1 atom stereocenters. The van der Waals surface area contributed by atoms with Gasteiger partial charge in [-0.1, -0.05) is 30.3 Å². The number of nitrogens with one attached hydrogen (secondary N) is 1. The van der Waals surface area contributed by atoms with Crippen LogP contribution in [0, 0.1) is 0 Å². The molecule has 0 saturated carbocycles. The van der Waals surface area contributed by atoms with E-state index < -0.39 is 18.1 Å². The minimum atomic E-state index is -0.704. The zero-order chi connectivity index (χ0) is 15.5. The molecule has 1 amide bonds. The lowest BCUT2D eigenvalue weighted by atomic mass is 10.1. The Labute approximate surface area is 136 Å². The normalized spacial score (nSPS) is 11.0. The van der Waals surface area contributed by atoms with Gasteiger partial charge in [0.25, 0.3) is 0 Å². The van der Waals surface area contributed by atoms with Crippen LogP contribution in [0.3, 0.4) is 0 Å². The molecule has 0 aliphatic rings. The van der Waals surface area contributed by atoms with E-state index in [2.05, 4.69) is 10.1 Å². The summed E-state index contributed by atoms with van der Waals surface area (Å²) in [4.78, 5) is 23.3. The van der Waals surface area contributed by atoms with Crippen molar-refractivity contribution in [2.45, 2.75) is 31.9 Å². The Kier molecular flexibility index (Phi) is 10.9. The molecular formula is C15H23ClN2O4. The molecule has 0 fully saturated rings. The average molecular weight is 331 g/mol. The summed E-state index contributed by atoms with van der Waals surface area (Å²) in [5, 5.41) is 2.52. The molecule has 7 heteroatoms. The van der Waals surface area contributed by atoms with E-state index in [0.29, 0.717) is 13.0 Å². The van der Waals surface area contributed by atoms with Crippen molar-refractivity contribution in [2.24, 2.45) is 5.73 Å². The van der Waals surface area contributed by atoms with Gasteiger partial charge >= 0.3 is 12.1 Å². The first kappa shape index (κ1) is 20.2. The highest BCUT2D eigenvalue weighted by molar-refractivity contribution is 5.85. The Hall–Kier alpha value is -1.79. The number of hydrogen-bond acceptors (Lipinski definition) is 5. The Morgan fingerprint density at radius 3 is 2.50 bits per heavy atom. The third-order valence-corrected chi connectivity index (χ3v) is 2.94. The number of esters is 1. The SMILES string of the molecule is COC(=O)C(CCCCN)NC(=O)OCc1ccccc1.Cl. The molecule has 3 N–H and O–H groups in total. The largest absolute Gasteiger partial charge is 0.467 e. The lowest BCUT2D eigenvalue weighted by Gasteiger charge is -2.16. The molecule has 0 aliphatic heterocycles. The summed E-state index contributed by atoms with van der Waals surface area (Å²) in [7, 11) is 1.29. The zero-order valence-electron chi connectivity index (χ0n) is 12.6. The average Bonchev–Trinajstić information content (AvgIpc) is 2.52. The van der Waals surface area contributed by atoms with Gasteiger partial charge in [-0.3, -0.25) is 0 Å². The van der Waals surface area contributed by atoms with Crippen molar-refractivity contribution in [1.29, 1.82) is 0 Å². The molecule has 22 heavy (non-hydrogen) atoms. The lowest BCUT2D eigenvalue weighted by molar-refractivity contribution is -0.143. The number of alkyl carbamates (subject to hydrolysis) is 1. The third-order valence-electron chi connectivity index (χ3n) is 2.94. The molecule has 1 rings (SSSR count). The molecule has 0 spiro atoms. The van der Waals surface area contributed by atoms with Crippen LogP contribution in [0.5, 0.6) is 0 Å². The minimum absolute atomic E-state index is 0. The van der Waals surface area contributed by atoms with Crippen LogP contribution in [0.2, 0.25) is 0 Å². The number of rotatable bonds is 8. The van der Waals surface area contributed by atoms with Crippen molar-refractivity contribution in [2.75, 3.05) is 13.7 Å². The number of carbonyl (C=O) groups is 2. The van der Waals surface area contributed by atoms with Crippen molar-refractivity contribution >= 4 is 24.5 Å². The van der Waals surface area contributed by atoms with Gasteiger partial charge in [0.2, 0.25) is 0 Å². The second kappa shape index (κ2) is 11.8. The molecule has 0 aromatic heterocycles. The number of methoxy groups -OCH3 is 1. The molecule has 0 bridgehead atoms. The van der Waals surface area contributed by atoms with Gasteiger partial charge in [0.15, 0.2) is 0 Å². The van der Waals surface area contributed by atoms with E-state index in [4.69, 9.17) is 10.5 Å². The Bertz CT molecular complexity index is 442. The summed E-state index contributed by atoms with van der Waals surface area (Å²) in [6.45, 7) is 0.704. The second-order valence-corrected chi connectivity index (χ2v) is 4.57. The number of nitrogens with two attached hydrogens (primary N) is 1. The first-order valence-electron chi connectivity index (χ1n) is 6.92. The molecule has 0 radical (unpaired) electrons. The summed E-state index contributed by atoms with van der Waals surface area (Å²) < 4.78 is 9.74. The third kappa shape index (κ3) is 7.85.